The van der Waals surface area contributed by atoms with E-state index < -0.39 is 0 Å². The van der Waals surface area contributed by atoms with E-state index in [4.69, 9.17) is 0 Å². The molecule has 1 aromatic rings. The molecule has 0 saturated carbocycles. The Balaban J connectivity index is 2.20. The Bertz CT molecular complexity index is 422. The van der Waals surface area contributed by atoms with Crippen LogP contribution >= 0.6 is 0 Å². The van der Waals surface area contributed by atoms with Gasteiger partial charge in [-0.2, -0.15) is 0 Å². The molecule has 1 N–H and O–H groups in total. The lowest BCUT2D eigenvalue weighted by atomic mass is 9.80. The topological polar surface area (TPSA) is 23.5 Å². The first-order valence-corrected chi connectivity index (χ1v) is 7.45. The molecule has 0 bridgehead atoms. The van der Waals surface area contributed by atoms with Crippen LogP contribution in [0.5, 0.6) is 0 Å². The van der Waals surface area contributed by atoms with E-state index in [2.05, 4.69) is 43.9 Å². The van der Waals surface area contributed by atoms with Crippen LogP contribution in [0.4, 0.5) is 5.69 Å². The summed E-state index contributed by atoms with van der Waals surface area (Å²) in [4.78, 5) is 2.45. The van der Waals surface area contributed by atoms with E-state index in [1.54, 1.807) is 0 Å². The molecule has 2 atom stereocenters. The third kappa shape index (κ3) is 3.11. The van der Waals surface area contributed by atoms with Crippen LogP contribution in [0.2, 0.25) is 0 Å². The van der Waals surface area contributed by atoms with Crippen molar-refractivity contribution in [3.63, 3.8) is 0 Å². The molecule has 0 aliphatic carbocycles. The lowest BCUT2D eigenvalue weighted by Gasteiger charge is -2.28. The Morgan fingerprint density at radius 3 is 2.58 bits per heavy atom. The maximum absolute atomic E-state index is 10.2. The van der Waals surface area contributed by atoms with Gasteiger partial charge >= 0.3 is 0 Å². The number of benzene rings is 1. The number of rotatable bonds is 3. The highest BCUT2D eigenvalue weighted by Gasteiger charge is 2.32. The van der Waals surface area contributed by atoms with Crippen molar-refractivity contribution >= 4 is 5.69 Å². The van der Waals surface area contributed by atoms with Gasteiger partial charge in [0.1, 0.15) is 0 Å². The monoisotopic (exact) mass is 261 g/mol. The summed E-state index contributed by atoms with van der Waals surface area (Å²) in [6, 6.07) is 8.31. The average molecular weight is 261 g/mol. The van der Waals surface area contributed by atoms with Gasteiger partial charge in [0.05, 0.1) is 6.10 Å². The fraction of sp³-hybridized carbons (Fsp3) is 0.647. The molecule has 2 nitrogen and oxygen atoms in total. The zero-order valence-corrected chi connectivity index (χ0v) is 12.7. The van der Waals surface area contributed by atoms with E-state index in [0.29, 0.717) is 5.41 Å². The third-order valence-electron chi connectivity index (χ3n) is 4.44. The summed E-state index contributed by atoms with van der Waals surface area (Å²) in [6.07, 6.45) is 1.68. The van der Waals surface area contributed by atoms with Crippen LogP contribution < -0.4 is 4.90 Å². The molecule has 19 heavy (non-hydrogen) atoms. The molecule has 2 rings (SSSR count). The molecule has 1 fully saturated rings. The highest BCUT2D eigenvalue weighted by molar-refractivity contribution is 5.55. The second-order valence-corrected chi connectivity index (χ2v) is 6.78. The second-order valence-electron chi connectivity index (χ2n) is 6.78. The molecule has 1 aliphatic heterocycles. The van der Waals surface area contributed by atoms with Crippen LogP contribution in [0, 0.1) is 11.3 Å². The predicted octanol–water partition coefficient (Wildman–Crippen LogP) is 4.00. The van der Waals surface area contributed by atoms with Gasteiger partial charge in [0.2, 0.25) is 0 Å². The number of aliphatic hydroxyl groups excluding tert-OH is 1. The summed E-state index contributed by atoms with van der Waals surface area (Å²) in [5.41, 5.74) is 2.68. The number of hydrogen-bond acceptors (Lipinski definition) is 2. The predicted molar refractivity (Wildman–Crippen MR) is 81.5 cm³/mol. The van der Waals surface area contributed by atoms with Gasteiger partial charge in [-0.15, -0.1) is 0 Å². The van der Waals surface area contributed by atoms with Gasteiger partial charge < -0.3 is 10.0 Å². The average Bonchev–Trinajstić information content (AvgIpc) is 2.87. The fourth-order valence-electron chi connectivity index (χ4n) is 2.96. The minimum absolute atomic E-state index is 0.343. The Kier molecular flexibility index (Phi) is 4.19. The molecule has 1 heterocycles. The number of hydrogen-bond donors (Lipinski definition) is 1. The van der Waals surface area contributed by atoms with Gasteiger partial charge in [0, 0.05) is 24.3 Å². The normalized spacial score (nSPS) is 21.7. The lowest BCUT2D eigenvalue weighted by Crippen LogP contribution is -2.26. The van der Waals surface area contributed by atoms with Gasteiger partial charge in [-0.05, 0) is 30.2 Å². The second kappa shape index (κ2) is 5.54. The maximum Gasteiger partial charge on any atom is 0.0807 e. The maximum atomic E-state index is 10.2. The highest BCUT2D eigenvalue weighted by atomic mass is 16.3. The fourth-order valence-corrected chi connectivity index (χ4v) is 2.96. The van der Waals surface area contributed by atoms with Crippen LogP contribution in [0.25, 0.3) is 0 Å². The molecular formula is C17H27NO. The van der Waals surface area contributed by atoms with E-state index in [-0.39, 0.29) is 6.10 Å². The summed E-state index contributed by atoms with van der Waals surface area (Å²) in [5.74, 6) is 0.735. The Hall–Kier alpha value is -1.02. The van der Waals surface area contributed by atoms with E-state index in [0.717, 1.165) is 31.0 Å². The zero-order valence-electron chi connectivity index (χ0n) is 12.7. The van der Waals surface area contributed by atoms with Gasteiger partial charge in [0.15, 0.2) is 0 Å². The summed E-state index contributed by atoms with van der Waals surface area (Å²) in [7, 11) is 0. The molecule has 1 saturated heterocycles. The van der Waals surface area contributed by atoms with Crippen molar-refractivity contribution in [1.82, 2.24) is 0 Å². The van der Waals surface area contributed by atoms with Gasteiger partial charge in [-0.25, -0.2) is 0 Å². The quantitative estimate of drug-likeness (QED) is 0.889. The highest BCUT2D eigenvalue weighted by Crippen LogP contribution is 2.37. The summed E-state index contributed by atoms with van der Waals surface area (Å²) in [6.45, 7) is 11.2. The van der Waals surface area contributed by atoms with Crippen molar-refractivity contribution in [1.29, 1.82) is 0 Å². The molecule has 1 unspecified atom stereocenters. The third-order valence-corrected chi connectivity index (χ3v) is 4.44. The van der Waals surface area contributed by atoms with Gasteiger partial charge in [-0.3, -0.25) is 0 Å². The molecule has 1 aliphatic rings. The number of anilines is 1. The first-order valence-electron chi connectivity index (χ1n) is 7.45. The van der Waals surface area contributed by atoms with Crippen molar-refractivity contribution in [3.8, 4) is 0 Å². The van der Waals surface area contributed by atoms with E-state index >= 15 is 0 Å². The Morgan fingerprint density at radius 2 is 2.00 bits per heavy atom. The van der Waals surface area contributed by atoms with Crippen molar-refractivity contribution in [2.24, 2.45) is 11.3 Å². The zero-order chi connectivity index (χ0) is 14.0. The van der Waals surface area contributed by atoms with E-state index in [1.807, 2.05) is 13.0 Å². The smallest absolute Gasteiger partial charge is 0.0807 e. The van der Waals surface area contributed by atoms with Crippen LogP contribution in [0.3, 0.4) is 0 Å². The van der Waals surface area contributed by atoms with E-state index in [9.17, 15) is 5.11 Å². The summed E-state index contributed by atoms with van der Waals surface area (Å²) in [5, 5.41) is 10.2. The number of para-hydroxylation sites is 1. The molecule has 2 heteroatoms. The number of nitrogens with zero attached hydrogens (tertiary/aromatic N) is 1. The minimum atomic E-state index is -0.343. The van der Waals surface area contributed by atoms with Crippen LogP contribution in [0.15, 0.2) is 24.3 Å². The molecule has 0 amide bonds. The van der Waals surface area contributed by atoms with Gasteiger partial charge in [-0.1, -0.05) is 45.9 Å². The van der Waals surface area contributed by atoms with Crippen molar-refractivity contribution in [2.75, 3.05) is 18.0 Å². The van der Waals surface area contributed by atoms with Crippen molar-refractivity contribution < 1.29 is 5.11 Å². The largest absolute Gasteiger partial charge is 0.388 e. The Morgan fingerprint density at radius 1 is 1.32 bits per heavy atom. The molecule has 0 radical (unpaired) electrons. The summed E-state index contributed by atoms with van der Waals surface area (Å²) < 4.78 is 0. The van der Waals surface area contributed by atoms with Crippen LogP contribution in [-0.2, 0) is 0 Å². The molecule has 106 valence electrons. The van der Waals surface area contributed by atoms with E-state index in [1.165, 1.54) is 12.1 Å². The Labute approximate surface area is 117 Å². The number of aliphatic hydroxyl groups is 1. The lowest BCUT2D eigenvalue weighted by molar-refractivity contribution is 0.174. The first-order chi connectivity index (χ1) is 8.93. The van der Waals surface area contributed by atoms with Crippen molar-refractivity contribution in [3.05, 3.63) is 29.8 Å². The SMILES string of the molecule is CC[C@H](O)c1ccccc1N1CCC(C(C)(C)C)C1. The summed E-state index contributed by atoms with van der Waals surface area (Å²) >= 11 is 0. The molecular weight excluding hydrogens is 234 g/mol. The van der Waals surface area contributed by atoms with Crippen LogP contribution in [-0.4, -0.2) is 18.2 Å². The van der Waals surface area contributed by atoms with Crippen LogP contribution in [0.1, 0.15) is 52.2 Å². The molecule has 0 aromatic heterocycles. The van der Waals surface area contributed by atoms with Gasteiger partial charge in [0.25, 0.3) is 0 Å². The molecule has 1 aromatic carbocycles. The van der Waals surface area contributed by atoms with Crippen molar-refractivity contribution in [2.45, 2.75) is 46.6 Å². The standard InChI is InChI=1S/C17H27NO/c1-5-16(19)14-8-6-7-9-15(14)18-11-10-13(12-18)17(2,3)4/h6-9,13,16,19H,5,10-12H2,1-4H3/t13?,16-/m0/s1. The minimum Gasteiger partial charge on any atom is -0.388 e. The first kappa shape index (κ1) is 14.4. The molecule has 0 spiro atoms.